The molecule has 0 bridgehead atoms. The first kappa shape index (κ1) is 20.3. The van der Waals surface area contributed by atoms with Crippen LogP contribution in [0.5, 0.6) is 17.2 Å². The number of nitrogens with zero attached hydrogens (tertiary/aromatic N) is 2. The Bertz CT molecular complexity index is 609. The molecule has 7 heteroatoms. The lowest BCUT2D eigenvalue weighted by molar-refractivity contribution is -0.138. The number of hydrogen-bond donors (Lipinski definition) is 1. The number of β-amino-alcohol motifs (C(OH)–C–C–N with tert-alkyl or cyclic N) is 1. The van der Waals surface area contributed by atoms with Crippen LogP contribution in [0.1, 0.15) is 18.4 Å². The predicted molar refractivity (Wildman–Crippen MR) is 99.1 cm³/mol. The molecule has 2 rings (SSSR count). The maximum Gasteiger partial charge on any atom is 0.227 e. The van der Waals surface area contributed by atoms with Gasteiger partial charge in [-0.15, -0.1) is 0 Å². The zero-order valence-electron chi connectivity index (χ0n) is 16.4. The number of rotatable bonds is 7. The Kier molecular flexibility index (Phi) is 6.72. The number of aliphatic hydroxyl groups is 1. The molecule has 1 aliphatic heterocycles. The summed E-state index contributed by atoms with van der Waals surface area (Å²) in [5.41, 5.74) is -0.0709. The zero-order chi connectivity index (χ0) is 19.3. The van der Waals surface area contributed by atoms with E-state index < -0.39 is 5.60 Å². The second-order valence-corrected chi connectivity index (χ2v) is 7.09. The first-order valence-corrected chi connectivity index (χ1v) is 8.75. The maximum absolute atomic E-state index is 12.8. The fraction of sp³-hybridized carbons (Fsp3) is 0.632. The number of likely N-dealkylation sites (tertiary alicyclic amines) is 1. The van der Waals surface area contributed by atoms with Gasteiger partial charge in [0.05, 0.1) is 39.9 Å². The molecule has 146 valence electrons. The number of carbonyl (C=O) groups excluding carboxylic acids is 1. The van der Waals surface area contributed by atoms with E-state index in [-0.39, 0.29) is 12.3 Å². The number of benzene rings is 1. The molecular formula is C19H30N2O5. The Morgan fingerprint density at radius 3 is 2.31 bits per heavy atom. The first-order valence-electron chi connectivity index (χ1n) is 8.75. The van der Waals surface area contributed by atoms with Crippen LogP contribution in [0.2, 0.25) is 0 Å². The van der Waals surface area contributed by atoms with Crippen molar-refractivity contribution in [2.24, 2.45) is 0 Å². The summed E-state index contributed by atoms with van der Waals surface area (Å²) in [6, 6.07) is 3.57. The molecule has 0 spiro atoms. The van der Waals surface area contributed by atoms with Crippen LogP contribution in [-0.2, 0) is 11.2 Å². The lowest BCUT2D eigenvalue weighted by Gasteiger charge is -2.40. The number of amides is 1. The largest absolute Gasteiger partial charge is 0.493 e. The Morgan fingerprint density at radius 2 is 1.81 bits per heavy atom. The van der Waals surface area contributed by atoms with Crippen molar-refractivity contribution in [1.29, 1.82) is 0 Å². The third kappa shape index (κ3) is 4.80. The molecule has 1 fully saturated rings. The van der Waals surface area contributed by atoms with E-state index >= 15 is 0 Å². The molecule has 0 aliphatic carbocycles. The molecule has 1 aromatic carbocycles. The van der Waals surface area contributed by atoms with Gasteiger partial charge < -0.3 is 29.1 Å². The molecule has 0 radical (unpaired) electrons. The highest BCUT2D eigenvalue weighted by atomic mass is 16.5. The number of ether oxygens (including phenoxy) is 3. The van der Waals surface area contributed by atoms with Gasteiger partial charge in [-0.3, -0.25) is 4.79 Å². The smallest absolute Gasteiger partial charge is 0.227 e. The van der Waals surface area contributed by atoms with Crippen LogP contribution in [0, 0.1) is 0 Å². The summed E-state index contributed by atoms with van der Waals surface area (Å²) in [6.07, 6.45) is 1.72. The number of hydrogen-bond acceptors (Lipinski definition) is 6. The lowest BCUT2D eigenvalue weighted by atomic mass is 9.92. The van der Waals surface area contributed by atoms with E-state index in [4.69, 9.17) is 14.2 Å². The Morgan fingerprint density at radius 1 is 1.19 bits per heavy atom. The van der Waals surface area contributed by atoms with Crippen molar-refractivity contribution in [3.63, 3.8) is 0 Å². The monoisotopic (exact) mass is 366 g/mol. The third-order valence-electron chi connectivity index (χ3n) is 4.60. The summed E-state index contributed by atoms with van der Waals surface area (Å²) in [5.74, 6) is 1.54. The summed E-state index contributed by atoms with van der Waals surface area (Å²) >= 11 is 0. The highest BCUT2D eigenvalue weighted by Crippen LogP contribution is 2.38. The van der Waals surface area contributed by atoms with Gasteiger partial charge in [-0.2, -0.15) is 0 Å². The molecule has 1 amide bonds. The fourth-order valence-electron chi connectivity index (χ4n) is 3.57. The van der Waals surface area contributed by atoms with Gasteiger partial charge in [0.25, 0.3) is 0 Å². The van der Waals surface area contributed by atoms with Gasteiger partial charge in [0, 0.05) is 13.1 Å². The van der Waals surface area contributed by atoms with Crippen LogP contribution in [-0.4, -0.2) is 81.5 Å². The van der Waals surface area contributed by atoms with Crippen LogP contribution in [0.4, 0.5) is 0 Å². The lowest BCUT2D eigenvalue weighted by Crippen LogP contribution is -2.55. The second kappa shape index (κ2) is 8.60. The summed E-state index contributed by atoms with van der Waals surface area (Å²) in [5, 5.41) is 10.8. The Balaban J connectivity index is 2.14. The molecule has 1 aromatic rings. The van der Waals surface area contributed by atoms with Crippen LogP contribution < -0.4 is 14.2 Å². The molecule has 1 atom stereocenters. The van der Waals surface area contributed by atoms with Crippen molar-refractivity contribution < 1.29 is 24.1 Å². The standard InChI is InChI=1S/C19H30N2O5/c1-20(2)12-19(23)7-6-8-21(13-19)17(22)11-14-9-15(24-3)18(26-5)16(10-14)25-4/h9-10,23H,6-8,11-13H2,1-5H3. The van der Waals surface area contributed by atoms with E-state index in [9.17, 15) is 9.90 Å². The molecule has 1 N–H and O–H groups in total. The minimum atomic E-state index is -0.854. The zero-order valence-corrected chi connectivity index (χ0v) is 16.4. The van der Waals surface area contributed by atoms with Crippen molar-refractivity contribution >= 4 is 5.91 Å². The SMILES string of the molecule is COc1cc(CC(=O)N2CCCC(O)(CN(C)C)C2)cc(OC)c1OC. The quantitative estimate of drug-likeness (QED) is 0.781. The van der Waals surface area contributed by atoms with Gasteiger partial charge in [-0.25, -0.2) is 0 Å². The highest BCUT2D eigenvalue weighted by molar-refractivity contribution is 5.79. The number of carbonyl (C=O) groups is 1. The van der Waals surface area contributed by atoms with Crippen molar-refractivity contribution in [3.8, 4) is 17.2 Å². The van der Waals surface area contributed by atoms with E-state index in [1.165, 1.54) is 0 Å². The minimum Gasteiger partial charge on any atom is -0.493 e. The molecule has 1 heterocycles. The average Bonchev–Trinajstić information content (AvgIpc) is 2.59. The molecule has 1 saturated heterocycles. The molecule has 1 unspecified atom stereocenters. The normalized spacial score (nSPS) is 20.2. The van der Waals surface area contributed by atoms with Crippen molar-refractivity contribution in [2.75, 3.05) is 55.1 Å². The van der Waals surface area contributed by atoms with E-state index in [2.05, 4.69) is 0 Å². The van der Waals surface area contributed by atoms with E-state index in [0.29, 0.717) is 43.3 Å². The van der Waals surface area contributed by atoms with Gasteiger partial charge in [-0.1, -0.05) is 0 Å². The highest BCUT2D eigenvalue weighted by Gasteiger charge is 2.35. The summed E-state index contributed by atoms with van der Waals surface area (Å²) in [4.78, 5) is 16.5. The van der Waals surface area contributed by atoms with Gasteiger partial charge in [0.15, 0.2) is 11.5 Å². The van der Waals surface area contributed by atoms with Crippen LogP contribution >= 0.6 is 0 Å². The summed E-state index contributed by atoms with van der Waals surface area (Å²) < 4.78 is 16.0. The van der Waals surface area contributed by atoms with Crippen LogP contribution in [0.15, 0.2) is 12.1 Å². The van der Waals surface area contributed by atoms with Crippen molar-refractivity contribution in [2.45, 2.75) is 24.9 Å². The Hall–Kier alpha value is -1.99. The molecule has 0 saturated carbocycles. The van der Waals surface area contributed by atoms with E-state index in [1.807, 2.05) is 19.0 Å². The summed E-state index contributed by atoms with van der Waals surface area (Å²) in [7, 11) is 8.50. The average molecular weight is 366 g/mol. The minimum absolute atomic E-state index is 0.0174. The first-order chi connectivity index (χ1) is 12.3. The maximum atomic E-state index is 12.8. The third-order valence-corrected chi connectivity index (χ3v) is 4.60. The van der Waals surface area contributed by atoms with Gasteiger partial charge >= 0.3 is 0 Å². The van der Waals surface area contributed by atoms with Crippen LogP contribution in [0.3, 0.4) is 0 Å². The number of likely N-dealkylation sites (N-methyl/N-ethyl adjacent to an activating group) is 1. The topological polar surface area (TPSA) is 71.5 Å². The molecule has 26 heavy (non-hydrogen) atoms. The number of piperidine rings is 1. The van der Waals surface area contributed by atoms with Gasteiger partial charge in [0.2, 0.25) is 11.7 Å². The van der Waals surface area contributed by atoms with Gasteiger partial charge in [-0.05, 0) is 44.6 Å². The van der Waals surface area contributed by atoms with E-state index in [1.54, 1.807) is 38.4 Å². The fourth-order valence-corrected chi connectivity index (χ4v) is 3.57. The second-order valence-electron chi connectivity index (χ2n) is 7.09. The summed E-state index contributed by atoms with van der Waals surface area (Å²) in [6.45, 7) is 1.56. The molecule has 0 aromatic heterocycles. The van der Waals surface area contributed by atoms with Crippen molar-refractivity contribution in [1.82, 2.24) is 9.80 Å². The Labute approximate surface area is 155 Å². The number of methoxy groups -OCH3 is 3. The van der Waals surface area contributed by atoms with Crippen molar-refractivity contribution in [3.05, 3.63) is 17.7 Å². The molecule has 1 aliphatic rings. The van der Waals surface area contributed by atoms with Gasteiger partial charge in [0.1, 0.15) is 0 Å². The van der Waals surface area contributed by atoms with E-state index in [0.717, 1.165) is 12.0 Å². The predicted octanol–water partition coefficient (Wildman–Crippen LogP) is 1.17. The van der Waals surface area contributed by atoms with Crippen LogP contribution in [0.25, 0.3) is 0 Å². The molecule has 7 nitrogen and oxygen atoms in total. The molecular weight excluding hydrogens is 336 g/mol.